The van der Waals surface area contributed by atoms with Gasteiger partial charge in [-0.25, -0.2) is 4.98 Å². The van der Waals surface area contributed by atoms with Crippen LogP contribution >= 0.6 is 0 Å². The lowest BCUT2D eigenvalue weighted by Gasteiger charge is -2.29. The molecule has 1 fully saturated rings. The molecule has 20 heavy (non-hydrogen) atoms. The highest BCUT2D eigenvalue weighted by molar-refractivity contribution is 5.92. The molecule has 0 aliphatic carbocycles. The molecular weight excluding hydrogens is 246 g/mol. The Bertz CT molecular complexity index is 600. The fraction of sp³-hybridized carbons (Fsp3) is 0.471. The lowest BCUT2D eigenvalue weighted by molar-refractivity contribution is 0.579. The fourth-order valence-electron chi connectivity index (χ4n) is 3.10. The molecule has 0 unspecified atom stereocenters. The number of rotatable bonds is 3. The molecule has 1 aliphatic rings. The van der Waals surface area contributed by atoms with Crippen LogP contribution in [0, 0.1) is 0 Å². The van der Waals surface area contributed by atoms with Crippen molar-refractivity contribution >= 4 is 22.4 Å². The summed E-state index contributed by atoms with van der Waals surface area (Å²) in [7, 11) is 1.96. The average Bonchev–Trinajstić information content (AvgIpc) is 2.53. The maximum atomic E-state index is 4.89. The number of pyridine rings is 1. The van der Waals surface area contributed by atoms with Crippen molar-refractivity contribution in [2.75, 3.05) is 30.4 Å². The Hall–Kier alpha value is -1.77. The van der Waals surface area contributed by atoms with Crippen molar-refractivity contribution in [3.63, 3.8) is 0 Å². The maximum absolute atomic E-state index is 4.89. The van der Waals surface area contributed by atoms with Crippen LogP contribution in [0.1, 0.15) is 31.7 Å². The first-order valence-corrected chi connectivity index (χ1v) is 7.69. The van der Waals surface area contributed by atoms with Crippen molar-refractivity contribution in [3.05, 3.63) is 29.8 Å². The Morgan fingerprint density at radius 1 is 1.20 bits per heavy atom. The largest absolute Gasteiger partial charge is 0.373 e. The molecule has 0 radical (unpaired) electrons. The number of hydrogen-bond donors (Lipinski definition) is 1. The lowest BCUT2D eigenvalue weighted by Crippen LogP contribution is -2.29. The van der Waals surface area contributed by atoms with Gasteiger partial charge in [0.25, 0.3) is 0 Å². The summed E-state index contributed by atoms with van der Waals surface area (Å²) < 4.78 is 0. The number of aromatic nitrogens is 1. The highest BCUT2D eigenvalue weighted by Crippen LogP contribution is 2.30. The molecule has 0 amide bonds. The number of benzene rings is 1. The van der Waals surface area contributed by atoms with Crippen LogP contribution in [0.4, 0.5) is 11.5 Å². The molecule has 3 nitrogen and oxygen atoms in total. The highest BCUT2D eigenvalue weighted by atomic mass is 15.1. The Morgan fingerprint density at radius 2 is 2.00 bits per heavy atom. The zero-order valence-electron chi connectivity index (χ0n) is 12.4. The molecule has 1 aromatic carbocycles. The zero-order valence-corrected chi connectivity index (χ0v) is 12.4. The van der Waals surface area contributed by atoms with Crippen LogP contribution in [-0.2, 0) is 6.42 Å². The number of fused-ring (bicyclic) bond motifs is 1. The molecule has 1 aliphatic heterocycles. The molecule has 2 heterocycles. The highest BCUT2D eigenvalue weighted by Gasteiger charge is 2.15. The van der Waals surface area contributed by atoms with Gasteiger partial charge in [-0.2, -0.15) is 0 Å². The van der Waals surface area contributed by atoms with E-state index in [9.17, 15) is 0 Å². The van der Waals surface area contributed by atoms with Gasteiger partial charge >= 0.3 is 0 Å². The number of piperidine rings is 1. The van der Waals surface area contributed by atoms with E-state index in [1.165, 1.54) is 35.9 Å². The normalized spacial score (nSPS) is 15.6. The zero-order chi connectivity index (χ0) is 13.9. The first-order valence-electron chi connectivity index (χ1n) is 7.69. The van der Waals surface area contributed by atoms with Gasteiger partial charge in [0.2, 0.25) is 0 Å². The second-order valence-electron chi connectivity index (χ2n) is 5.50. The van der Waals surface area contributed by atoms with Gasteiger partial charge in [-0.1, -0.05) is 19.1 Å². The summed E-state index contributed by atoms with van der Waals surface area (Å²) >= 11 is 0. The van der Waals surface area contributed by atoms with Crippen molar-refractivity contribution < 1.29 is 0 Å². The van der Waals surface area contributed by atoms with Crippen molar-refractivity contribution in [1.82, 2.24) is 4.98 Å². The van der Waals surface area contributed by atoms with E-state index >= 15 is 0 Å². The van der Waals surface area contributed by atoms with Crippen LogP contribution in [0.2, 0.25) is 0 Å². The molecule has 1 saturated heterocycles. The Balaban J connectivity index is 2.12. The van der Waals surface area contributed by atoms with E-state index in [0.29, 0.717) is 0 Å². The number of anilines is 2. The van der Waals surface area contributed by atoms with Crippen LogP contribution < -0.4 is 10.2 Å². The second kappa shape index (κ2) is 5.70. The summed E-state index contributed by atoms with van der Waals surface area (Å²) in [4.78, 5) is 7.38. The van der Waals surface area contributed by atoms with Crippen LogP contribution in [-0.4, -0.2) is 25.1 Å². The summed E-state index contributed by atoms with van der Waals surface area (Å²) in [6.07, 6.45) is 4.95. The number of nitrogens with one attached hydrogen (secondary N) is 1. The van der Waals surface area contributed by atoms with Gasteiger partial charge in [-0.15, -0.1) is 0 Å². The van der Waals surface area contributed by atoms with Gasteiger partial charge in [0.15, 0.2) is 0 Å². The topological polar surface area (TPSA) is 28.2 Å². The predicted octanol–water partition coefficient (Wildman–Crippen LogP) is 3.83. The fourth-order valence-corrected chi connectivity index (χ4v) is 3.10. The third-order valence-corrected chi connectivity index (χ3v) is 4.22. The van der Waals surface area contributed by atoms with E-state index in [0.717, 1.165) is 30.8 Å². The average molecular weight is 269 g/mol. The molecule has 0 saturated carbocycles. The predicted molar refractivity (Wildman–Crippen MR) is 86.7 cm³/mol. The van der Waals surface area contributed by atoms with Crippen molar-refractivity contribution in [2.24, 2.45) is 0 Å². The Morgan fingerprint density at radius 3 is 2.70 bits per heavy atom. The molecule has 1 aromatic heterocycles. The minimum Gasteiger partial charge on any atom is -0.373 e. The molecule has 1 N–H and O–H groups in total. The van der Waals surface area contributed by atoms with E-state index in [1.807, 2.05) is 7.05 Å². The number of para-hydroxylation sites is 1. The second-order valence-corrected chi connectivity index (χ2v) is 5.50. The lowest BCUT2D eigenvalue weighted by atomic mass is 10.1. The first-order chi connectivity index (χ1) is 9.83. The Labute approximate surface area is 121 Å². The third kappa shape index (κ3) is 2.33. The van der Waals surface area contributed by atoms with Gasteiger partial charge in [0, 0.05) is 25.5 Å². The van der Waals surface area contributed by atoms with Gasteiger partial charge in [-0.3, -0.25) is 0 Å². The molecule has 0 atom stereocenters. The van der Waals surface area contributed by atoms with Gasteiger partial charge in [-0.05, 0) is 43.4 Å². The summed E-state index contributed by atoms with van der Waals surface area (Å²) in [5.41, 5.74) is 3.72. The van der Waals surface area contributed by atoms with E-state index in [1.54, 1.807) is 0 Å². The van der Waals surface area contributed by atoms with Crippen LogP contribution in [0.3, 0.4) is 0 Å². The quantitative estimate of drug-likeness (QED) is 0.918. The summed E-state index contributed by atoms with van der Waals surface area (Å²) in [5, 5.41) is 4.49. The SMILES string of the molecule is CCc1cc2cccc(N3CCCCC3)c2nc1NC. The molecule has 106 valence electrons. The molecule has 2 aromatic rings. The van der Waals surface area contributed by atoms with Crippen LogP contribution in [0.25, 0.3) is 10.9 Å². The standard InChI is InChI=1S/C17H23N3/c1-3-13-12-14-8-7-9-15(16(14)19-17(13)18-2)20-10-5-4-6-11-20/h7-9,12H,3-6,10-11H2,1-2H3,(H,18,19). The number of hydrogen-bond acceptors (Lipinski definition) is 3. The minimum absolute atomic E-state index is 1.01. The molecule has 3 heteroatoms. The van der Waals surface area contributed by atoms with E-state index in [2.05, 4.69) is 41.4 Å². The maximum Gasteiger partial charge on any atom is 0.129 e. The van der Waals surface area contributed by atoms with E-state index in [-0.39, 0.29) is 0 Å². The van der Waals surface area contributed by atoms with Gasteiger partial charge < -0.3 is 10.2 Å². The monoisotopic (exact) mass is 269 g/mol. The smallest absolute Gasteiger partial charge is 0.129 e. The van der Waals surface area contributed by atoms with E-state index in [4.69, 9.17) is 4.98 Å². The third-order valence-electron chi connectivity index (χ3n) is 4.22. The van der Waals surface area contributed by atoms with Crippen LogP contribution in [0.5, 0.6) is 0 Å². The Kier molecular flexibility index (Phi) is 3.77. The van der Waals surface area contributed by atoms with E-state index < -0.39 is 0 Å². The van der Waals surface area contributed by atoms with Crippen LogP contribution in [0.15, 0.2) is 24.3 Å². The van der Waals surface area contributed by atoms with Crippen molar-refractivity contribution in [3.8, 4) is 0 Å². The molecular formula is C17H23N3. The van der Waals surface area contributed by atoms with Crippen molar-refractivity contribution in [2.45, 2.75) is 32.6 Å². The molecule has 3 rings (SSSR count). The minimum atomic E-state index is 1.01. The first kappa shape index (κ1) is 13.2. The van der Waals surface area contributed by atoms with Gasteiger partial charge in [0.05, 0.1) is 11.2 Å². The summed E-state index contributed by atoms with van der Waals surface area (Å²) in [5.74, 6) is 1.02. The van der Waals surface area contributed by atoms with Crippen molar-refractivity contribution in [1.29, 1.82) is 0 Å². The number of aryl methyl sites for hydroxylation is 1. The number of nitrogens with zero attached hydrogens (tertiary/aromatic N) is 2. The summed E-state index contributed by atoms with van der Waals surface area (Å²) in [6.45, 7) is 4.49. The summed E-state index contributed by atoms with van der Waals surface area (Å²) in [6, 6.07) is 8.83. The molecule has 0 spiro atoms. The molecule has 0 bridgehead atoms. The van der Waals surface area contributed by atoms with Gasteiger partial charge in [0.1, 0.15) is 5.82 Å².